The van der Waals surface area contributed by atoms with Crippen molar-refractivity contribution in [3.05, 3.63) is 59.6 Å². The Morgan fingerprint density at radius 2 is 1.75 bits per heavy atom. The zero-order valence-corrected chi connectivity index (χ0v) is 14.2. The van der Waals surface area contributed by atoms with E-state index in [9.17, 15) is 13.5 Å². The highest BCUT2D eigenvalue weighted by Gasteiger charge is 2.18. The van der Waals surface area contributed by atoms with E-state index in [1.807, 2.05) is 0 Å². The maximum absolute atomic E-state index is 12.6. The number of ether oxygens (including phenoxy) is 1. The summed E-state index contributed by atoms with van der Waals surface area (Å²) < 4.78 is 32.9. The molecule has 0 aliphatic carbocycles. The minimum atomic E-state index is -3.84. The van der Waals surface area contributed by atoms with Gasteiger partial charge in [-0.05, 0) is 18.2 Å². The van der Waals surface area contributed by atoms with Crippen LogP contribution in [0.4, 0.5) is 5.69 Å². The Morgan fingerprint density at radius 3 is 2.46 bits per heavy atom. The lowest BCUT2D eigenvalue weighted by molar-refractivity contribution is 0.413. The van der Waals surface area contributed by atoms with Gasteiger partial charge in [0.2, 0.25) is 0 Å². The number of benzene rings is 3. The number of fused-ring (bicyclic) bond motifs is 1. The topological polar surface area (TPSA) is 75.6 Å². The van der Waals surface area contributed by atoms with E-state index in [-0.39, 0.29) is 21.4 Å². The number of methoxy groups -OCH3 is 1. The van der Waals surface area contributed by atoms with E-state index < -0.39 is 10.0 Å². The summed E-state index contributed by atoms with van der Waals surface area (Å²) in [5.74, 6) is 0.350. The minimum absolute atomic E-state index is 0.0649. The summed E-state index contributed by atoms with van der Waals surface area (Å²) in [4.78, 5) is 0.0649. The number of phenolic OH excluding ortho intramolecular Hbond substituents is 1. The summed E-state index contributed by atoms with van der Waals surface area (Å²) in [5, 5.41) is 11.1. The summed E-state index contributed by atoms with van der Waals surface area (Å²) in [6.45, 7) is 0. The molecule has 0 spiro atoms. The molecule has 5 nitrogen and oxygen atoms in total. The molecule has 0 aromatic heterocycles. The number of hydrogen-bond acceptors (Lipinski definition) is 4. The number of hydrogen-bond donors (Lipinski definition) is 2. The average Bonchev–Trinajstić information content (AvgIpc) is 2.59. The number of phenols is 1. The van der Waals surface area contributed by atoms with Gasteiger partial charge < -0.3 is 9.84 Å². The van der Waals surface area contributed by atoms with E-state index in [1.54, 1.807) is 36.4 Å². The van der Waals surface area contributed by atoms with Crippen LogP contribution < -0.4 is 9.46 Å². The smallest absolute Gasteiger partial charge is 0.262 e. The van der Waals surface area contributed by atoms with Crippen LogP contribution >= 0.6 is 11.6 Å². The average molecular weight is 364 g/mol. The van der Waals surface area contributed by atoms with Crippen molar-refractivity contribution in [1.29, 1.82) is 0 Å². The van der Waals surface area contributed by atoms with E-state index in [1.165, 1.54) is 25.3 Å². The quantitative estimate of drug-likeness (QED) is 0.687. The molecule has 0 heterocycles. The highest BCUT2D eigenvalue weighted by molar-refractivity contribution is 7.92. The summed E-state index contributed by atoms with van der Waals surface area (Å²) in [7, 11) is -2.37. The number of anilines is 1. The SMILES string of the molecule is COc1cccc(S(=O)(=O)Nc2cc(Cl)c(O)c3ccccc23)c1. The second-order valence-electron chi connectivity index (χ2n) is 5.08. The Balaban J connectivity index is 2.10. The van der Waals surface area contributed by atoms with Crippen LogP contribution in [0.3, 0.4) is 0 Å². The third-order valence-electron chi connectivity index (χ3n) is 3.57. The fourth-order valence-corrected chi connectivity index (χ4v) is 3.70. The van der Waals surface area contributed by atoms with Gasteiger partial charge in [0.15, 0.2) is 0 Å². The van der Waals surface area contributed by atoms with Gasteiger partial charge in [0, 0.05) is 16.8 Å². The molecule has 0 amide bonds. The van der Waals surface area contributed by atoms with Crippen molar-refractivity contribution >= 4 is 38.1 Å². The molecule has 0 saturated carbocycles. The maximum Gasteiger partial charge on any atom is 0.262 e. The van der Waals surface area contributed by atoms with Gasteiger partial charge in [-0.25, -0.2) is 8.42 Å². The molecule has 3 rings (SSSR count). The van der Waals surface area contributed by atoms with Gasteiger partial charge in [0.25, 0.3) is 10.0 Å². The Labute approximate surface area is 144 Å². The molecule has 0 unspecified atom stereocenters. The van der Waals surface area contributed by atoms with Gasteiger partial charge in [0.05, 0.1) is 22.7 Å². The summed E-state index contributed by atoms with van der Waals surface area (Å²) >= 11 is 6.01. The molecule has 0 saturated heterocycles. The zero-order chi connectivity index (χ0) is 17.3. The molecule has 0 aliphatic heterocycles. The van der Waals surface area contributed by atoms with Gasteiger partial charge in [-0.3, -0.25) is 4.72 Å². The van der Waals surface area contributed by atoms with Crippen LogP contribution in [0.1, 0.15) is 0 Å². The molecule has 0 radical (unpaired) electrons. The molecule has 0 fully saturated rings. The van der Waals surface area contributed by atoms with Gasteiger partial charge >= 0.3 is 0 Å². The number of nitrogens with one attached hydrogen (secondary N) is 1. The molecule has 3 aromatic rings. The molecule has 0 aliphatic rings. The number of sulfonamides is 1. The van der Waals surface area contributed by atoms with Crippen molar-refractivity contribution < 1.29 is 18.3 Å². The van der Waals surface area contributed by atoms with E-state index in [2.05, 4.69) is 4.72 Å². The summed E-state index contributed by atoms with van der Waals surface area (Å²) in [6, 6.07) is 14.4. The second kappa shape index (κ2) is 6.22. The largest absolute Gasteiger partial charge is 0.506 e. The Hall–Kier alpha value is -2.44. The van der Waals surface area contributed by atoms with Crippen molar-refractivity contribution in [3.8, 4) is 11.5 Å². The zero-order valence-electron chi connectivity index (χ0n) is 12.7. The third-order valence-corrected chi connectivity index (χ3v) is 5.22. The molecular formula is C17H14ClNO4S. The Bertz CT molecular complexity index is 1020. The van der Waals surface area contributed by atoms with Crippen molar-refractivity contribution in [2.45, 2.75) is 4.90 Å². The third kappa shape index (κ3) is 2.98. The van der Waals surface area contributed by atoms with Crippen LogP contribution in [0.2, 0.25) is 5.02 Å². The molecule has 7 heteroatoms. The number of rotatable bonds is 4. The van der Waals surface area contributed by atoms with Crippen molar-refractivity contribution in [3.63, 3.8) is 0 Å². The molecule has 0 atom stereocenters. The lowest BCUT2D eigenvalue weighted by Crippen LogP contribution is -2.13. The first-order chi connectivity index (χ1) is 11.4. The summed E-state index contributed by atoms with van der Waals surface area (Å²) in [5.41, 5.74) is 0.288. The van der Waals surface area contributed by atoms with E-state index >= 15 is 0 Å². The predicted octanol–water partition coefficient (Wildman–Crippen LogP) is 4.01. The first kappa shape index (κ1) is 16.4. The lowest BCUT2D eigenvalue weighted by Gasteiger charge is -2.13. The first-order valence-electron chi connectivity index (χ1n) is 6.99. The standard InChI is InChI=1S/C17H14ClNO4S/c1-23-11-5-4-6-12(9-11)24(21,22)19-16-10-15(18)17(20)14-8-3-2-7-13(14)16/h2-10,19-20H,1H3. The molecule has 3 aromatic carbocycles. The fraction of sp³-hybridized carbons (Fsp3) is 0.0588. The Kier molecular flexibility index (Phi) is 4.26. The van der Waals surface area contributed by atoms with Crippen LogP contribution in [0.25, 0.3) is 10.8 Å². The van der Waals surface area contributed by atoms with E-state index in [0.717, 1.165) is 0 Å². The predicted molar refractivity (Wildman–Crippen MR) is 94.4 cm³/mol. The number of halogens is 1. The summed E-state index contributed by atoms with van der Waals surface area (Å²) in [6.07, 6.45) is 0. The van der Waals surface area contributed by atoms with Crippen molar-refractivity contribution in [2.75, 3.05) is 11.8 Å². The molecular weight excluding hydrogens is 350 g/mol. The molecule has 124 valence electrons. The fourth-order valence-electron chi connectivity index (χ4n) is 2.38. The van der Waals surface area contributed by atoms with Gasteiger partial charge in [-0.1, -0.05) is 41.9 Å². The van der Waals surface area contributed by atoms with Gasteiger partial charge in [0.1, 0.15) is 11.5 Å². The maximum atomic E-state index is 12.6. The van der Waals surface area contributed by atoms with E-state index in [4.69, 9.17) is 16.3 Å². The molecule has 2 N–H and O–H groups in total. The van der Waals surface area contributed by atoms with Gasteiger partial charge in [-0.2, -0.15) is 0 Å². The highest BCUT2D eigenvalue weighted by Crippen LogP contribution is 2.38. The Morgan fingerprint density at radius 1 is 1.04 bits per heavy atom. The lowest BCUT2D eigenvalue weighted by atomic mass is 10.1. The van der Waals surface area contributed by atoms with E-state index in [0.29, 0.717) is 16.5 Å². The normalized spacial score (nSPS) is 11.4. The van der Waals surface area contributed by atoms with Crippen LogP contribution in [-0.2, 0) is 10.0 Å². The second-order valence-corrected chi connectivity index (χ2v) is 7.17. The van der Waals surface area contributed by atoms with Crippen molar-refractivity contribution in [2.24, 2.45) is 0 Å². The van der Waals surface area contributed by atoms with Gasteiger partial charge in [-0.15, -0.1) is 0 Å². The van der Waals surface area contributed by atoms with Crippen LogP contribution in [-0.4, -0.2) is 20.6 Å². The van der Waals surface area contributed by atoms with Crippen LogP contribution in [0.15, 0.2) is 59.5 Å². The van der Waals surface area contributed by atoms with Crippen LogP contribution in [0.5, 0.6) is 11.5 Å². The highest BCUT2D eigenvalue weighted by atomic mass is 35.5. The molecule has 24 heavy (non-hydrogen) atoms. The molecule has 0 bridgehead atoms. The van der Waals surface area contributed by atoms with Crippen LogP contribution in [0, 0.1) is 0 Å². The first-order valence-corrected chi connectivity index (χ1v) is 8.85. The minimum Gasteiger partial charge on any atom is -0.506 e. The monoisotopic (exact) mass is 363 g/mol. The number of aromatic hydroxyl groups is 1. The van der Waals surface area contributed by atoms with Crippen molar-refractivity contribution in [1.82, 2.24) is 0 Å².